The molecule has 0 saturated carbocycles. The fourth-order valence-electron chi connectivity index (χ4n) is 1.59. The third-order valence-electron chi connectivity index (χ3n) is 2.70. The summed E-state index contributed by atoms with van der Waals surface area (Å²) in [6, 6.07) is 8.47. The molecule has 0 heterocycles. The lowest BCUT2D eigenvalue weighted by Gasteiger charge is -2.20. The molecule has 5 nitrogen and oxygen atoms in total. The third-order valence-corrected chi connectivity index (χ3v) is 2.70. The minimum atomic E-state index is -0.790. The van der Waals surface area contributed by atoms with Crippen LogP contribution in [-0.4, -0.2) is 24.7 Å². The quantitative estimate of drug-likeness (QED) is 0.643. The number of ether oxygens (including phenoxy) is 2. The van der Waals surface area contributed by atoms with E-state index in [4.69, 9.17) is 15.9 Å². The molecular weight excluding hydrogens is 270 g/mol. The summed E-state index contributed by atoms with van der Waals surface area (Å²) in [5.41, 5.74) is 0.864. The Labute approximate surface area is 124 Å². The number of amides is 1. The van der Waals surface area contributed by atoms with Crippen molar-refractivity contribution in [1.82, 2.24) is 5.32 Å². The van der Waals surface area contributed by atoms with Crippen molar-refractivity contribution >= 4 is 12.1 Å². The van der Waals surface area contributed by atoms with Gasteiger partial charge in [-0.25, -0.2) is 9.59 Å². The van der Waals surface area contributed by atoms with Gasteiger partial charge in [0.25, 0.3) is 0 Å². The van der Waals surface area contributed by atoms with Gasteiger partial charge in [0, 0.05) is 0 Å². The van der Waals surface area contributed by atoms with Crippen LogP contribution in [0.1, 0.15) is 19.4 Å². The van der Waals surface area contributed by atoms with Gasteiger partial charge in [0.2, 0.25) is 0 Å². The third kappa shape index (κ3) is 6.00. The summed E-state index contributed by atoms with van der Waals surface area (Å²) >= 11 is 0. The van der Waals surface area contributed by atoms with Gasteiger partial charge in [0.15, 0.2) is 6.61 Å². The summed E-state index contributed by atoms with van der Waals surface area (Å²) in [6.45, 7) is 3.60. The van der Waals surface area contributed by atoms with Crippen LogP contribution in [0.4, 0.5) is 4.79 Å². The number of hydrogen-bond donors (Lipinski definition) is 1. The highest BCUT2D eigenvalue weighted by atomic mass is 16.6. The van der Waals surface area contributed by atoms with Crippen LogP contribution in [0.2, 0.25) is 0 Å². The maximum Gasteiger partial charge on any atom is 0.408 e. The van der Waals surface area contributed by atoms with Crippen molar-refractivity contribution in [2.24, 2.45) is 5.92 Å². The number of nitrogens with one attached hydrogen (secondary N) is 1. The maximum atomic E-state index is 11.8. The van der Waals surface area contributed by atoms with Crippen LogP contribution < -0.4 is 5.32 Å². The zero-order chi connectivity index (χ0) is 15.7. The van der Waals surface area contributed by atoms with Crippen molar-refractivity contribution in [2.45, 2.75) is 26.5 Å². The van der Waals surface area contributed by atoms with E-state index in [9.17, 15) is 9.59 Å². The lowest BCUT2D eigenvalue weighted by molar-refractivity contribution is -0.145. The second-order valence-electron chi connectivity index (χ2n) is 4.74. The molecule has 1 aromatic rings. The van der Waals surface area contributed by atoms with E-state index >= 15 is 0 Å². The van der Waals surface area contributed by atoms with Crippen LogP contribution in [0.25, 0.3) is 0 Å². The minimum absolute atomic E-state index is 0.122. The maximum absolute atomic E-state index is 11.8. The van der Waals surface area contributed by atoms with Crippen molar-refractivity contribution < 1.29 is 19.1 Å². The SMILES string of the molecule is C#CCOC(=O)C(NC(=O)OCc1ccccc1)C(C)C. The number of terminal acetylenes is 1. The average Bonchev–Trinajstić information content (AvgIpc) is 2.49. The second kappa shape index (κ2) is 8.64. The van der Waals surface area contributed by atoms with Crippen LogP contribution >= 0.6 is 0 Å². The van der Waals surface area contributed by atoms with Crippen LogP contribution in [-0.2, 0) is 20.9 Å². The van der Waals surface area contributed by atoms with Gasteiger partial charge in [0.05, 0.1) is 0 Å². The normalized spacial score (nSPS) is 11.3. The van der Waals surface area contributed by atoms with E-state index in [0.717, 1.165) is 5.56 Å². The van der Waals surface area contributed by atoms with Gasteiger partial charge in [-0.2, -0.15) is 0 Å². The van der Waals surface area contributed by atoms with E-state index in [1.165, 1.54) is 0 Å². The van der Waals surface area contributed by atoms with Crippen molar-refractivity contribution in [3.63, 3.8) is 0 Å². The Hall–Kier alpha value is -2.48. The first-order valence-electron chi connectivity index (χ1n) is 6.62. The predicted octanol–water partition coefficient (Wildman–Crippen LogP) is 2.11. The highest BCUT2D eigenvalue weighted by Crippen LogP contribution is 2.06. The van der Waals surface area contributed by atoms with E-state index in [1.54, 1.807) is 13.8 Å². The first-order chi connectivity index (χ1) is 10.0. The summed E-state index contributed by atoms with van der Waals surface area (Å²) in [6.07, 6.45) is 4.36. The number of benzene rings is 1. The van der Waals surface area contributed by atoms with Crippen molar-refractivity contribution in [1.29, 1.82) is 0 Å². The molecule has 1 atom stereocenters. The Bertz CT molecular complexity index is 505. The summed E-state index contributed by atoms with van der Waals surface area (Å²) in [5, 5.41) is 2.49. The molecule has 0 saturated heterocycles. The van der Waals surface area contributed by atoms with Gasteiger partial charge >= 0.3 is 12.1 Å². The molecule has 0 aliphatic rings. The molecule has 5 heteroatoms. The van der Waals surface area contributed by atoms with Gasteiger partial charge in [-0.3, -0.25) is 0 Å². The molecule has 0 spiro atoms. The summed E-state index contributed by atoms with van der Waals surface area (Å²) in [7, 11) is 0. The van der Waals surface area contributed by atoms with Gasteiger partial charge in [-0.1, -0.05) is 50.1 Å². The second-order valence-corrected chi connectivity index (χ2v) is 4.74. The summed E-state index contributed by atoms with van der Waals surface area (Å²) in [4.78, 5) is 23.5. The van der Waals surface area contributed by atoms with E-state index in [1.807, 2.05) is 30.3 Å². The number of rotatable bonds is 6. The Morgan fingerprint density at radius 3 is 2.48 bits per heavy atom. The minimum Gasteiger partial charge on any atom is -0.451 e. The summed E-state index contributed by atoms with van der Waals surface area (Å²) in [5.74, 6) is 1.50. The van der Waals surface area contributed by atoms with Gasteiger partial charge in [0.1, 0.15) is 12.6 Å². The van der Waals surface area contributed by atoms with Crippen molar-refractivity contribution in [3.05, 3.63) is 35.9 Å². The molecule has 1 amide bonds. The number of carbonyl (C=O) groups is 2. The standard InChI is InChI=1S/C16H19NO4/c1-4-10-20-15(18)14(12(2)3)17-16(19)21-11-13-8-6-5-7-9-13/h1,5-9,12,14H,10-11H2,2-3H3,(H,17,19). The van der Waals surface area contributed by atoms with Gasteiger partial charge in [-0.05, 0) is 11.5 Å². The molecule has 0 bridgehead atoms. The topological polar surface area (TPSA) is 64.6 Å². The summed E-state index contributed by atoms with van der Waals surface area (Å²) < 4.78 is 9.90. The van der Waals surface area contributed by atoms with Crippen LogP contribution in [0, 0.1) is 18.3 Å². The largest absolute Gasteiger partial charge is 0.451 e. The van der Waals surface area contributed by atoms with Gasteiger partial charge in [-0.15, -0.1) is 6.42 Å². The molecular formula is C16H19NO4. The van der Waals surface area contributed by atoms with E-state index in [0.29, 0.717) is 0 Å². The first kappa shape index (κ1) is 16.6. The van der Waals surface area contributed by atoms with Crippen molar-refractivity contribution in [2.75, 3.05) is 6.61 Å². The number of esters is 1. The molecule has 0 fully saturated rings. The molecule has 1 N–H and O–H groups in total. The molecule has 1 unspecified atom stereocenters. The zero-order valence-electron chi connectivity index (χ0n) is 12.2. The molecule has 1 rings (SSSR count). The van der Waals surface area contributed by atoms with E-state index < -0.39 is 18.1 Å². The average molecular weight is 289 g/mol. The van der Waals surface area contributed by atoms with E-state index in [2.05, 4.69) is 11.2 Å². The number of hydrogen-bond acceptors (Lipinski definition) is 4. The monoisotopic (exact) mass is 289 g/mol. The Balaban J connectivity index is 2.49. The fourth-order valence-corrected chi connectivity index (χ4v) is 1.59. The van der Waals surface area contributed by atoms with Crippen LogP contribution in [0.3, 0.4) is 0 Å². The predicted molar refractivity (Wildman–Crippen MR) is 78.2 cm³/mol. The number of carbonyl (C=O) groups excluding carboxylic acids is 2. The molecule has 0 radical (unpaired) electrons. The van der Waals surface area contributed by atoms with Crippen LogP contribution in [0.15, 0.2) is 30.3 Å². The fraction of sp³-hybridized carbons (Fsp3) is 0.375. The Kier molecular flexibility index (Phi) is 6.82. The van der Waals surface area contributed by atoms with Crippen LogP contribution in [0.5, 0.6) is 0 Å². The highest BCUT2D eigenvalue weighted by Gasteiger charge is 2.26. The highest BCUT2D eigenvalue weighted by molar-refractivity contribution is 5.81. The molecule has 21 heavy (non-hydrogen) atoms. The number of alkyl carbamates (subject to hydrolysis) is 1. The Morgan fingerprint density at radius 2 is 1.90 bits per heavy atom. The molecule has 0 aliphatic heterocycles. The smallest absolute Gasteiger partial charge is 0.408 e. The molecule has 0 aliphatic carbocycles. The van der Waals surface area contributed by atoms with Crippen molar-refractivity contribution in [3.8, 4) is 12.3 Å². The van der Waals surface area contributed by atoms with Gasteiger partial charge < -0.3 is 14.8 Å². The molecule has 112 valence electrons. The lowest BCUT2D eigenvalue weighted by atomic mass is 10.1. The Morgan fingerprint density at radius 1 is 1.24 bits per heavy atom. The molecule has 1 aromatic carbocycles. The lowest BCUT2D eigenvalue weighted by Crippen LogP contribution is -2.45. The zero-order valence-corrected chi connectivity index (χ0v) is 12.2. The van der Waals surface area contributed by atoms with E-state index in [-0.39, 0.29) is 19.1 Å². The first-order valence-corrected chi connectivity index (χ1v) is 6.62. The molecule has 0 aromatic heterocycles.